The molecule has 1 heterocycles. The quantitative estimate of drug-likeness (QED) is 0.676. The smallest absolute Gasteiger partial charge is 0.243 e. The first-order chi connectivity index (χ1) is 6.72. The molecule has 0 radical (unpaired) electrons. The number of rotatable bonds is 3. The summed E-state index contributed by atoms with van der Waals surface area (Å²) in [6.07, 6.45) is 3.77. The highest BCUT2D eigenvalue weighted by atomic mass is 16.2. The van der Waals surface area contributed by atoms with Crippen LogP contribution in [0.15, 0.2) is 0 Å². The highest BCUT2D eigenvalue weighted by Gasteiger charge is 2.42. The van der Waals surface area contributed by atoms with Crippen molar-refractivity contribution >= 4 is 11.8 Å². The fourth-order valence-corrected chi connectivity index (χ4v) is 1.90. The summed E-state index contributed by atoms with van der Waals surface area (Å²) in [5.74, 6) is 0.385. The van der Waals surface area contributed by atoms with Crippen LogP contribution in [0.2, 0.25) is 0 Å². The Bertz CT molecular complexity index is 261. The van der Waals surface area contributed by atoms with Crippen LogP contribution in [0.25, 0.3) is 0 Å². The van der Waals surface area contributed by atoms with Crippen molar-refractivity contribution in [2.24, 2.45) is 5.92 Å². The van der Waals surface area contributed by atoms with Crippen molar-refractivity contribution in [1.82, 2.24) is 10.6 Å². The summed E-state index contributed by atoms with van der Waals surface area (Å²) in [7, 11) is 0. The lowest BCUT2D eigenvalue weighted by atomic mass is 10.0. The van der Waals surface area contributed by atoms with Gasteiger partial charge in [-0.15, -0.1) is 0 Å². The minimum absolute atomic E-state index is 0.00514. The molecule has 2 rings (SSSR count). The van der Waals surface area contributed by atoms with Crippen LogP contribution in [-0.2, 0) is 9.59 Å². The van der Waals surface area contributed by atoms with E-state index in [1.165, 1.54) is 0 Å². The van der Waals surface area contributed by atoms with E-state index in [0.29, 0.717) is 5.92 Å². The molecule has 2 fully saturated rings. The maximum absolute atomic E-state index is 11.6. The average molecular weight is 196 g/mol. The summed E-state index contributed by atoms with van der Waals surface area (Å²) in [6, 6.07) is -0.557. The Morgan fingerprint density at radius 1 is 1.21 bits per heavy atom. The molecular weight excluding hydrogens is 180 g/mol. The number of carbonyl (C=O) groups excluding carboxylic acids is 2. The molecule has 14 heavy (non-hydrogen) atoms. The largest absolute Gasteiger partial charge is 0.343 e. The molecule has 0 aromatic heterocycles. The molecule has 4 heteroatoms. The first kappa shape index (κ1) is 9.49. The van der Waals surface area contributed by atoms with E-state index in [1.807, 2.05) is 6.92 Å². The van der Waals surface area contributed by atoms with Crippen molar-refractivity contribution < 1.29 is 9.59 Å². The molecule has 2 amide bonds. The predicted octanol–water partition coefficient (Wildman–Crippen LogP) is 0.180. The van der Waals surface area contributed by atoms with Gasteiger partial charge in [0.25, 0.3) is 0 Å². The predicted molar refractivity (Wildman–Crippen MR) is 51.5 cm³/mol. The standard InChI is InChI=1S/C10H16N2O2/c1-2-3-7-9(13)12-8(6-4-5-6)10(14)11-7/h6-8H,2-5H2,1H3,(H,11,14)(H,12,13). The minimum Gasteiger partial charge on any atom is -0.343 e. The van der Waals surface area contributed by atoms with Crippen molar-refractivity contribution in [2.75, 3.05) is 0 Å². The van der Waals surface area contributed by atoms with Gasteiger partial charge in [-0.25, -0.2) is 0 Å². The van der Waals surface area contributed by atoms with Crippen molar-refractivity contribution in [2.45, 2.75) is 44.7 Å². The summed E-state index contributed by atoms with van der Waals surface area (Å²) in [5, 5.41) is 5.60. The van der Waals surface area contributed by atoms with E-state index < -0.39 is 0 Å². The molecular formula is C10H16N2O2. The number of carbonyl (C=O) groups is 2. The van der Waals surface area contributed by atoms with Gasteiger partial charge < -0.3 is 10.6 Å². The fourth-order valence-electron chi connectivity index (χ4n) is 1.90. The highest BCUT2D eigenvalue weighted by Crippen LogP contribution is 2.33. The number of nitrogens with one attached hydrogen (secondary N) is 2. The zero-order valence-corrected chi connectivity index (χ0v) is 8.38. The third-order valence-electron chi connectivity index (χ3n) is 2.88. The molecule has 2 N–H and O–H groups in total. The molecule has 2 aliphatic rings. The van der Waals surface area contributed by atoms with Crippen LogP contribution in [0.3, 0.4) is 0 Å². The van der Waals surface area contributed by atoms with Gasteiger partial charge in [0.1, 0.15) is 12.1 Å². The number of amides is 2. The monoisotopic (exact) mass is 196 g/mol. The van der Waals surface area contributed by atoms with E-state index in [1.54, 1.807) is 0 Å². The molecule has 4 nitrogen and oxygen atoms in total. The number of hydrogen-bond donors (Lipinski definition) is 2. The van der Waals surface area contributed by atoms with Gasteiger partial charge in [0.15, 0.2) is 0 Å². The Hall–Kier alpha value is -1.06. The topological polar surface area (TPSA) is 58.2 Å². The molecule has 0 aromatic rings. The second-order valence-electron chi connectivity index (χ2n) is 4.17. The maximum Gasteiger partial charge on any atom is 0.243 e. The SMILES string of the molecule is CCCC1NC(=O)C(C2CC2)NC1=O. The fraction of sp³-hybridized carbons (Fsp3) is 0.800. The third-order valence-corrected chi connectivity index (χ3v) is 2.88. The van der Waals surface area contributed by atoms with Gasteiger partial charge in [-0.2, -0.15) is 0 Å². The Morgan fingerprint density at radius 2 is 1.93 bits per heavy atom. The van der Waals surface area contributed by atoms with Gasteiger partial charge in [-0.1, -0.05) is 13.3 Å². The van der Waals surface area contributed by atoms with Crippen molar-refractivity contribution in [3.05, 3.63) is 0 Å². The summed E-state index contributed by atoms with van der Waals surface area (Å²) in [5.41, 5.74) is 0. The van der Waals surface area contributed by atoms with E-state index in [4.69, 9.17) is 0 Å². The summed E-state index contributed by atoms with van der Waals surface area (Å²) < 4.78 is 0. The molecule has 0 aromatic carbocycles. The Kier molecular flexibility index (Phi) is 2.44. The lowest BCUT2D eigenvalue weighted by molar-refractivity contribution is -0.137. The van der Waals surface area contributed by atoms with E-state index in [-0.39, 0.29) is 23.9 Å². The molecule has 1 saturated heterocycles. The van der Waals surface area contributed by atoms with Crippen LogP contribution >= 0.6 is 0 Å². The maximum atomic E-state index is 11.6. The van der Waals surface area contributed by atoms with Gasteiger partial charge in [0.05, 0.1) is 0 Å². The van der Waals surface area contributed by atoms with Crippen LogP contribution in [0.1, 0.15) is 32.6 Å². The normalized spacial score (nSPS) is 32.4. The van der Waals surface area contributed by atoms with E-state index >= 15 is 0 Å². The molecule has 1 aliphatic heterocycles. The zero-order valence-electron chi connectivity index (χ0n) is 8.38. The molecule has 0 spiro atoms. The first-order valence-electron chi connectivity index (χ1n) is 5.33. The van der Waals surface area contributed by atoms with Crippen molar-refractivity contribution in [3.63, 3.8) is 0 Å². The Balaban J connectivity index is 1.97. The van der Waals surface area contributed by atoms with Gasteiger partial charge in [-0.05, 0) is 25.2 Å². The summed E-state index contributed by atoms with van der Waals surface area (Å²) in [4.78, 5) is 23.1. The van der Waals surface area contributed by atoms with Gasteiger partial charge in [-0.3, -0.25) is 9.59 Å². The van der Waals surface area contributed by atoms with Crippen LogP contribution < -0.4 is 10.6 Å². The second-order valence-corrected chi connectivity index (χ2v) is 4.17. The molecule has 78 valence electrons. The third kappa shape index (κ3) is 1.74. The van der Waals surface area contributed by atoms with Gasteiger partial charge in [0, 0.05) is 0 Å². The lowest BCUT2D eigenvalue weighted by Gasteiger charge is -2.29. The number of piperazine rings is 1. The molecule has 0 bridgehead atoms. The van der Waals surface area contributed by atoms with Crippen LogP contribution in [0, 0.1) is 5.92 Å². The van der Waals surface area contributed by atoms with E-state index in [0.717, 1.165) is 25.7 Å². The molecule has 2 unspecified atom stereocenters. The van der Waals surface area contributed by atoms with E-state index in [9.17, 15) is 9.59 Å². The molecule has 2 atom stereocenters. The lowest BCUT2D eigenvalue weighted by Crippen LogP contribution is -2.62. The van der Waals surface area contributed by atoms with Crippen molar-refractivity contribution in [1.29, 1.82) is 0 Å². The first-order valence-corrected chi connectivity index (χ1v) is 5.33. The summed E-state index contributed by atoms with van der Waals surface area (Å²) >= 11 is 0. The van der Waals surface area contributed by atoms with Crippen LogP contribution in [0.4, 0.5) is 0 Å². The molecule has 1 saturated carbocycles. The second kappa shape index (κ2) is 3.59. The Morgan fingerprint density at radius 3 is 2.50 bits per heavy atom. The molecule has 1 aliphatic carbocycles. The van der Waals surface area contributed by atoms with Crippen molar-refractivity contribution in [3.8, 4) is 0 Å². The average Bonchev–Trinajstić information content (AvgIpc) is 2.94. The zero-order chi connectivity index (χ0) is 10.1. The highest BCUT2D eigenvalue weighted by molar-refractivity contribution is 5.97. The van der Waals surface area contributed by atoms with Gasteiger partial charge >= 0.3 is 0 Å². The van der Waals surface area contributed by atoms with Crippen LogP contribution in [-0.4, -0.2) is 23.9 Å². The van der Waals surface area contributed by atoms with Gasteiger partial charge in [0.2, 0.25) is 11.8 Å². The Labute approximate surface area is 83.4 Å². The van der Waals surface area contributed by atoms with Crippen LogP contribution in [0.5, 0.6) is 0 Å². The minimum atomic E-state index is -0.303. The van der Waals surface area contributed by atoms with E-state index in [2.05, 4.69) is 10.6 Å². The summed E-state index contributed by atoms with van der Waals surface area (Å²) in [6.45, 7) is 2.01. The number of hydrogen-bond acceptors (Lipinski definition) is 2.